The molecule has 2 heteroatoms. The van der Waals surface area contributed by atoms with Gasteiger partial charge in [0.15, 0.2) is 0 Å². The quantitative estimate of drug-likeness (QED) is 0.779. The summed E-state index contributed by atoms with van der Waals surface area (Å²) >= 11 is 0. The average molecular weight is 227 g/mol. The van der Waals surface area contributed by atoms with E-state index >= 15 is 0 Å². The smallest absolute Gasteiger partial charge is 0.0602 e. The molecule has 0 aromatic heterocycles. The van der Waals surface area contributed by atoms with Crippen LogP contribution in [-0.4, -0.2) is 23.3 Å². The van der Waals surface area contributed by atoms with Gasteiger partial charge in [0, 0.05) is 11.6 Å². The summed E-state index contributed by atoms with van der Waals surface area (Å²) in [6, 6.07) is 0.680. The highest BCUT2D eigenvalue weighted by molar-refractivity contribution is 4.83. The van der Waals surface area contributed by atoms with Crippen molar-refractivity contribution >= 4 is 0 Å². The molecule has 1 aliphatic rings. The Morgan fingerprint density at radius 1 is 0.875 bits per heavy atom. The summed E-state index contributed by atoms with van der Waals surface area (Å²) in [5, 5.41) is 3.69. The number of nitrogens with one attached hydrogen (secondary N) is 1. The van der Waals surface area contributed by atoms with Gasteiger partial charge in [-0.25, -0.2) is 0 Å². The topological polar surface area (TPSA) is 21.3 Å². The van der Waals surface area contributed by atoms with Crippen LogP contribution < -0.4 is 5.32 Å². The van der Waals surface area contributed by atoms with Gasteiger partial charge in [0.05, 0.1) is 11.7 Å². The molecule has 1 fully saturated rings. The van der Waals surface area contributed by atoms with Gasteiger partial charge in [0.25, 0.3) is 0 Å². The molecule has 0 aromatic rings. The Kier molecular flexibility index (Phi) is 4.42. The minimum atomic E-state index is 0.00889. The first-order chi connectivity index (χ1) is 7.16. The van der Waals surface area contributed by atoms with Crippen LogP contribution in [0.15, 0.2) is 0 Å². The van der Waals surface area contributed by atoms with Crippen molar-refractivity contribution in [1.29, 1.82) is 0 Å². The summed E-state index contributed by atoms with van der Waals surface area (Å²) in [7, 11) is 0. The maximum atomic E-state index is 6.03. The third-order valence-corrected chi connectivity index (χ3v) is 2.83. The Labute approximate surface area is 101 Å². The molecule has 1 rings (SSSR count). The molecule has 0 amide bonds. The number of ether oxygens (including phenoxy) is 1. The van der Waals surface area contributed by atoms with Gasteiger partial charge in [0.2, 0.25) is 0 Å². The van der Waals surface area contributed by atoms with Crippen LogP contribution >= 0.6 is 0 Å². The van der Waals surface area contributed by atoms with E-state index in [2.05, 4.69) is 46.9 Å². The lowest BCUT2D eigenvalue weighted by atomic mass is 9.90. The Balaban J connectivity index is 2.29. The standard InChI is InChI=1S/C14H29NO/c1-13(2,3)15-11-7-9-12(10-8-11)16-14(4,5)6/h11-12,15H,7-10H2,1-6H3/t11-,12+. The Bertz CT molecular complexity index is 180. The summed E-state index contributed by atoms with van der Waals surface area (Å²) in [4.78, 5) is 0. The fraction of sp³-hybridized carbons (Fsp3) is 1.00. The first-order valence-corrected chi connectivity index (χ1v) is 6.61. The van der Waals surface area contributed by atoms with Crippen molar-refractivity contribution in [2.24, 2.45) is 0 Å². The van der Waals surface area contributed by atoms with E-state index in [0.29, 0.717) is 12.1 Å². The van der Waals surface area contributed by atoms with Crippen LogP contribution in [-0.2, 0) is 4.74 Å². The Morgan fingerprint density at radius 3 is 1.75 bits per heavy atom. The van der Waals surface area contributed by atoms with Crippen LogP contribution in [0.25, 0.3) is 0 Å². The van der Waals surface area contributed by atoms with Gasteiger partial charge in [0.1, 0.15) is 0 Å². The largest absolute Gasteiger partial charge is 0.373 e. The van der Waals surface area contributed by atoms with E-state index in [4.69, 9.17) is 4.74 Å². The maximum absolute atomic E-state index is 6.03. The van der Waals surface area contributed by atoms with E-state index in [1.54, 1.807) is 0 Å². The fourth-order valence-corrected chi connectivity index (χ4v) is 2.44. The highest BCUT2D eigenvalue weighted by Gasteiger charge is 2.27. The first kappa shape index (κ1) is 14.0. The second kappa shape index (κ2) is 5.05. The van der Waals surface area contributed by atoms with Crippen molar-refractivity contribution in [3.63, 3.8) is 0 Å². The fourth-order valence-electron chi connectivity index (χ4n) is 2.44. The predicted octanol–water partition coefficient (Wildman–Crippen LogP) is 3.50. The van der Waals surface area contributed by atoms with E-state index in [9.17, 15) is 0 Å². The lowest BCUT2D eigenvalue weighted by Crippen LogP contribution is -2.46. The monoisotopic (exact) mass is 227 g/mol. The van der Waals surface area contributed by atoms with E-state index < -0.39 is 0 Å². The van der Waals surface area contributed by atoms with Crippen molar-refractivity contribution < 1.29 is 4.74 Å². The molecule has 0 aliphatic heterocycles. The maximum Gasteiger partial charge on any atom is 0.0602 e. The van der Waals surface area contributed by atoms with Gasteiger partial charge in [-0.15, -0.1) is 0 Å². The molecular weight excluding hydrogens is 198 g/mol. The summed E-state index contributed by atoms with van der Waals surface area (Å²) in [5.74, 6) is 0. The third kappa shape index (κ3) is 5.86. The number of rotatable bonds is 2. The molecule has 0 saturated heterocycles. The molecule has 16 heavy (non-hydrogen) atoms. The van der Waals surface area contributed by atoms with Gasteiger partial charge in [-0.3, -0.25) is 0 Å². The van der Waals surface area contributed by atoms with E-state index in [0.717, 1.165) is 0 Å². The second-order valence-corrected chi connectivity index (χ2v) is 7.10. The van der Waals surface area contributed by atoms with Crippen molar-refractivity contribution in [2.75, 3.05) is 0 Å². The molecule has 0 bridgehead atoms. The molecule has 0 atom stereocenters. The molecular formula is C14H29NO. The predicted molar refractivity (Wildman–Crippen MR) is 69.8 cm³/mol. The molecule has 1 saturated carbocycles. The van der Waals surface area contributed by atoms with Crippen LogP contribution in [0.3, 0.4) is 0 Å². The molecule has 1 aliphatic carbocycles. The van der Waals surface area contributed by atoms with E-state index in [-0.39, 0.29) is 11.1 Å². The van der Waals surface area contributed by atoms with Gasteiger partial charge in [-0.05, 0) is 67.2 Å². The molecule has 96 valence electrons. The van der Waals surface area contributed by atoms with Gasteiger partial charge in [-0.1, -0.05) is 0 Å². The SMILES string of the molecule is CC(C)(C)N[C@H]1CC[C@@H](OC(C)(C)C)CC1. The zero-order valence-corrected chi connectivity index (χ0v) is 11.9. The van der Waals surface area contributed by atoms with Crippen LogP contribution in [0.2, 0.25) is 0 Å². The Hall–Kier alpha value is -0.0800. The Morgan fingerprint density at radius 2 is 1.38 bits per heavy atom. The minimum absolute atomic E-state index is 0.00889. The molecule has 0 spiro atoms. The summed E-state index contributed by atoms with van der Waals surface area (Å²) in [5.41, 5.74) is 0.247. The summed E-state index contributed by atoms with van der Waals surface area (Å²) in [6.07, 6.45) is 5.37. The highest BCUT2D eigenvalue weighted by atomic mass is 16.5. The molecule has 0 radical (unpaired) electrons. The van der Waals surface area contributed by atoms with Crippen LogP contribution in [0.5, 0.6) is 0 Å². The summed E-state index contributed by atoms with van der Waals surface area (Å²) < 4.78 is 6.03. The zero-order valence-electron chi connectivity index (χ0n) is 11.9. The van der Waals surface area contributed by atoms with Gasteiger partial charge < -0.3 is 10.1 Å². The molecule has 0 aromatic carbocycles. The zero-order chi connectivity index (χ0) is 12.4. The molecule has 0 heterocycles. The van der Waals surface area contributed by atoms with Crippen LogP contribution in [0.1, 0.15) is 67.2 Å². The third-order valence-electron chi connectivity index (χ3n) is 2.83. The van der Waals surface area contributed by atoms with Gasteiger partial charge >= 0.3 is 0 Å². The minimum Gasteiger partial charge on any atom is -0.373 e. The van der Waals surface area contributed by atoms with E-state index in [1.807, 2.05) is 0 Å². The van der Waals surface area contributed by atoms with Crippen molar-refractivity contribution in [1.82, 2.24) is 5.32 Å². The highest BCUT2D eigenvalue weighted by Crippen LogP contribution is 2.26. The van der Waals surface area contributed by atoms with Crippen molar-refractivity contribution in [3.8, 4) is 0 Å². The van der Waals surface area contributed by atoms with Gasteiger partial charge in [-0.2, -0.15) is 0 Å². The first-order valence-electron chi connectivity index (χ1n) is 6.61. The average Bonchev–Trinajstić information content (AvgIpc) is 2.03. The molecule has 0 unspecified atom stereocenters. The lowest BCUT2D eigenvalue weighted by molar-refractivity contribution is -0.0766. The second-order valence-electron chi connectivity index (χ2n) is 7.10. The normalized spacial score (nSPS) is 28.1. The molecule has 2 nitrogen and oxygen atoms in total. The van der Waals surface area contributed by atoms with E-state index in [1.165, 1.54) is 25.7 Å². The van der Waals surface area contributed by atoms with Crippen molar-refractivity contribution in [2.45, 2.75) is 90.5 Å². The van der Waals surface area contributed by atoms with Crippen LogP contribution in [0.4, 0.5) is 0 Å². The summed E-state index contributed by atoms with van der Waals surface area (Å²) in [6.45, 7) is 13.2. The lowest BCUT2D eigenvalue weighted by Gasteiger charge is -2.36. The van der Waals surface area contributed by atoms with Crippen molar-refractivity contribution in [3.05, 3.63) is 0 Å². The number of hydrogen-bond donors (Lipinski definition) is 1. The van der Waals surface area contributed by atoms with Crippen LogP contribution in [0, 0.1) is 0 Å². The number of hydrogen-bond acceptors (Lipinski definition) is 2. The molecule has 1 N–H and O–H groups in total.